The molecule has 0 aromatic heterocycles. The van der Waals surface area contributed by atoms with Crippen LogP contribution in [-0.4, -0.2) is 55.5 Å². The summed E-state index contributed by atoms with van der Waals surface area (Å²) in [6, 6.07) is 0. The van der Waals surface area contributed by atoms with E-state index in [2.05, 4.69) is 5.92 Å². The van der Waals surface area contributed by atoms with Crippen LogP contribution >= 0.6 is 0 Å². The van der Waals surface area contributed by atoms with E-state index in [9.17, 15) is 0 Å². The van der Waals surface area contributed by atoms with Crippen LogP contribution in [0.4, 0.5) is 0 Å². The number of ether oxygens (including phenoxy) is 6. The maximum atomic E-state index is 5.96. The first-order chi connectivity index (χ1) is 9.81. The number of hydrogen-bond donors (Lipinski definition) is 0. The summed E-state index contributed by atoms with van der Waals surface area (Å²) in [5, 5.41) is 0. The van der Waals surface area contributed by atoms with Crippen LogP contribution < -0.4 is 0 Å². The smallest absolute Gasteiger partial charge is 0.190 e. The molecule has 3 aliphatic rings. The van der Waals surface area contributed by atoms with E-state index in [1.165, 1.54) is 0 Å². The molecule has 0 aliphatic carbocycles. The molecule has 3 fully saturated rings. The molecular formula is C15H22O6. The van der Waals surface area contributed by atoms with E-state index < -0.39 is 17.9 Å². The fourth-order valence-electron chi connectivity index (χ4n) is 3.01. The van der Waals surface area contributed by atoms with Crippen LogP contribution in [-0.2, 0) is 28.4 Å². The highest BCUT2D eigenvalue weighted by Crippen LogP contribution is 2.41. The van der Waals surface area contributed by atoms with Crippen molar-refractivity contribution in [3.8, 4) is 12.3 Å². The van der Waals surface area contributed by atoms with E-state index in [4.69, 9.17) is 34.8 Å². The van der Waals surface area contributed by atoms with Gasteiger partial charge in [-0.1, -0.05) is 5.92 Å². The summed E-state index contributed by atoms with van der Waals surface area (Å²) < 4.78 is 34.8. The van der Waals surface area contributed by atoms with E-state index >= 15 is 0 Å². The number of rotatable bonds is 3. The highest BCUT2D eigenvalue weighted by Gasteiger charge is 2.58. The van der Waals surface area contributed by atoms with Crippen LogP contribution in [0.5, 0.6) is 0 Å². The van der Waals surface area contributed by atoms with Crippen LogP contribution in [0, 0.1) is 12.3 Å². The third kappa shape index (κ3) is 2.95. The lowest BCUT2D eigenvalue weighted by Gasteiger charge is -2.28. The summed E-state index contributed by atoms with van der Waals surface area (Å²) in [4.78, 5) is 0. The molecule has 3 aliphatic heterocycles. The lowest BCUT2D eigenvalue weighted by Crippen LogP contribution is -2.44. The number of terminal acetylenes is 1. The second-order valence-electron chi connectivity index (χ2n) is 6.42. The average molecular weight is 298 g/mol. The van der Waals surface area contributed by atoms with Gasteiger partial charge in [-0.3, -0.25) is 0 Å². The molecule has 5 atom stereocenters. The molecule has 0 saturated carbocycles. The molecular weight excluding hydrogens is 276 g/mol. The fourth-order valence-corrected chi connectivity index (χ4v) is 3.01. The van der Waals surface area contributed by atoms with Crippen molar-refractivity contribution in [2.24, 2.45) is 0 Å². The van der Waals surface area contributed by atoms with Crippen LogP contribution in [0.25, 0.3) is 0 Å². The van der Waals surface area contributed by atoms with E-state index in [0.29, 0.717) is 6.61 Å². The Labute approximate surface area is 125 Å². The number of hydrogen-bond acceptors (Lipinski definition) is 6. The molecule has 0 unspecified atom stereocenters. The van der Waals surface area contributed by atoms with E-state index in [-0.39, 0.29) is 31.0 Å². The quantitative estimate of drug-likeness (QED) is 0.726. The summed E-state index contributed by atoms with van der Waals surface area (Å²) in [6.07, 6.45) is 3.61. The molecule has 118 valence electrons. The summed E-state index contributed by atoms with van der Waals surface area (Å²) in [7, 11) is 0. The molecule has 3 saturated heterocycles. The van der Waals surface area contributed by atoms with Crippen molar-refractivity contribution in [3.05, 3.63) is 0 Å². The molecule has 0 spiro atoms. The van der Waals surface area contributed by atoms with Gasteiger partial charge >= 0.3 is 0 Å². The molecule has 0 amide bonds. The lowest BCUT2D eigenvalue weighted by molar-refractivity contribution is -0.235. The summed E-state index contributed by atoms with van der Waals surface area (Å²) >= 11 is 0. The molecule has 0 aromatic rings. The van der Waals surface area contributed by atoms with Crippen LogP contribution in [0.1, 0.15) is 27.7 Å². The van der Waals surface area contributed by atoms with Crippen molar-refractivity contribution in [1.29, 1.82) is 0 Å². The third-order valence-electron chi connectivity index (χ3n) is 3.78. The van der Waals surface area contributed by atoms with Gasteiger partial charge in [0.2, 0.25) is 0 Å². The molecule has 3 rings (SSSR count). The monoisotopic (exact) mass is 298 g/mol. The molecule has 0 bridgehead atoms. The second-order valence-corrected chi connectivity index (χ2v) is 6.42. The zero-order chi connectivity index (χ0) is 15.3. The standard InChI is InChI=1S/C15H22O6/c1-6-7-16-11-10(9-8-17-14(2,3)19-9)18-13-12(11)20-15(4,5)21-13/h1,9-13H,7-8H2,2-5H3/t9-,10+,11-,12-,13+/m0/s1. The number of fused-ring (bicyclic) bond motifs is 1. The van der Waals surface area contributed by atoms with Crippen LogP contribution in [0.15, 0.2) is 0 Å². The van der Waals surface area contributed by atoms with Crippen LogP contribution in [0.2, 0.25) is 0 Å². The highest BCUT2D eigenvalue weighted by molar-refractivity contribution is 4.99. The molecule has 3 heterocycles. The Bertz CT molecular complexity index is 440. The zero-order valence-electron chi connectivity index (χ0n) is 12.8. The molecule has 6 heteroatoms. The summed E-state index contributed by atoms with van der Waals surface area (Å²) in [5.74, 6) is 1.16. The van der Waals surface area contributed by atoms with Gasteiger partial charge in [0, 0.05) is 0 Å². The molecule has 21 heavy (non-hydrogen) atoms. The SMILES string of the molecule is C#CCO[C@@H]1[C@@H]2OC(C)(C)O[C@H]2O[C@@H]1[C@@H]1COC(C)(C)O1. The van der Waals surface area contributed by atoms with E-state index in [1.54, 1.807) is 0 Å². The van der Waals surface area contributed by atoms with Crippen molar-refractivity contribution < 1.29 is 28.4 Å². The van der Waals surface area contributed by atoms with Gasteiger partial charge in [0.25, 0.3) is 0 Å². The first kappa shape index (κ1) is 15.2. The zero-order valence-corrected chi connectivity index (χ0v) is 12.8. The minimum atomic E-state index is -0.690. The molecule has 0 aromatic carbocycles. The first-order valence-electron chi connectivity index (χ1n) is 7.19. The Kier molecular flexibility index (Phi) is 3.77. The van der Waals surface area contributed by atoms with Crippen molar-refractivity contribution in [1.82, 2.24) is 0 Å². The Balaban J connectivity index is 1.74. The van der Waals surface area contributed by atoms with Gasteiger partial charge < -0.3 is 28.4 Å². The van der Waals surface area contributed by atoms with E-state index in [0.717, 1.165) is 0 Å². The Morgan fingerprint density at radius 3 is 2.48 bits per heavy atom. The normalized spacial score (nSPS) is 43.7. The average Bonchev–Trinajstić information content (AvgIpc) is 2.96. The van der Waals surface area contributed by atoms with Gasteiger partial charge in [-0.2, -0.15) is 0 Å². The van der Waals surface area contributed by atoms with E-state index in [1.807, 2.05) is 27.7 Å². The van der Waals surface area contributed by atoms with Gasteiger partial charge in [0.15, 0.2) is 17.9 Å². The first-order valence-corrected chi connectivity index (χ1v) is 7.19. The molecule has 0 radical (unpaired) electrons. The van der Waals surface area contributed by atoms with Gasteiger partial charge in [0.1, 0.15) is 31.0 Å². The second kappa shape index (κ2) is 5.20. The largest absolute Gasteiger partial charge is 0.360 e. The Morgan fingerprint density at radius 2 is 1.86 bits per heavy atom. The van der Waals surface area contributed by atoms with Gasteiger partial charge in [-0.25, -0.2) is 0 Å². The fraction of sp³-hybridized carbons (Fsp3) is 0.867. The minimum absolute atomic E-state index is 0.189. The van der Waals surface area contributed by atoms with Gasteiger partial charge in [-0.05, 0) is 27.7 Å². The minimum Gasteiger partial charge on any atom is -0.360 e. The lowest BCUT2D eigenvalue weighted by atomic mass is 10.1. The predicted molar refractivity (Wildman–Crippen MR) is 72.2 cm³/mol. The van der Waals surface area contributed by atoms with Crippen molar-refractivity contribution in [3.63, 3.8) is 0 Å². The van der Waals surface area contributed by atoms with Crippen molar-refractivity contribution in [2.75, 3.05) is 13.2 Å². The van der Waals surface area contributed by atoms with Gasteiger partial charge in [-0.15, -0.1) is 6.42 Å². The summed E-state index contributed by atoms with van der Waals surface area (Å²) in [5.41, 5.74) is 0. The maximum Gasteiger partial charge on any atom is 0.190 e. The van der Waals surface area contributed by atoms with Crippen molar-refractivity contribution in [2.45, 2.75) is 70.0 Å². The third-order valence-corrected chi connectivity index (χ3v) is 3.78. The topological polar surface area (TPSA) is 55.4 Å². The highest BCUT2D eigenvalue weighted by atomic mass is 16.8. The maximum absolute atomic E-state index is 5.96. The van der Waals surface area contributed by atoms with Crippen LogP contribution in [0.3, 0.4) is 0 Å². The van der Waals surface area contributed by atoms with Gasteiger partial charge in [0.05, 0.1) is 6.61 Å². The predicted octanol–water partition coefficient (Wildman–Crippen LogP) is 1.03. The molecule has 6 nitrogen and oxygen atoms in total. The summed E-state index contributed by atoms with van der Waals surface area (Å²) in [6.45, 7) is 8.07. The van der Waals surface area contributed by atoms with Crippen molar-refractivity contribution >= 4 is 0 Å². The Morgan fingerprint density at radius 1 is 1.10 bits per heavy atom. The Hall–Kier alpha value is -0.680. The molecule has 0 N–H and O–H groups in total.